The third-order valence-corrected chi connectivity index (χ3v) is 6.85. The Morgan fingerprint density at radius 1 is 1.00 bits per heavy atom. The average Bonchev–Trinajstić information content (AvgIpc) is 2.83. The SMILES string of the molecule is Cn1cc(C=CC(=O)NCC2CC3c4ccccc4C2c2ccccc23)c(=O)n(C)c1=O. The number of carbonyl (C=O) groups is 1. The van der Waals surface area contributed by atoms with Crippen LogP contribution in [0.2, 0.25) is 0 Å². The molecule has 162 valence electrons. The molecule has 2 aromatic carbocycles. The monoisotopic (exact) mass is 427 g/mol. The predicted molar refractivity (Wildman–Crippen MR) is 124 cm³/mol. The maximum absolute atomic E-state index is 12.5. The summed E-state index contributed by atoms with van der Waals surface area (Å²) >= 11 is 0. The highest BCUT2D eigenvalue weighted by atomic mass is 16.2. The number of nitrogens with one attached hydrogen (secondary N) is 1. The maximum Gasteiger partial charge on any atom is 0.330 e. The molecular formula is C26H25N3O3. The number of hydrogen-bond donors (Lipinski definition) is 1. The van der Waals surface area contributed by atoms with Gasteiger partial charge in [-0.15, -0.1) is 0 Å². The number of benzene rings is 2. The van der Waals surface area contributed by atoms with Crippen molar-refractivity contribution < 1.29 is 4.79 Å². The van der Waals surface area contributed by atoms with E-state index >= 15 is 0 Å². The normalized spacial score (nSPS) is 20.8. The Morgan fingerprint density at radius 3 is 2.22 bits per heavy atom. The van der Waals surface area contributed by atoms with Gasteiger partial charge >= 0.3 is 5.69 Å². The van der Waals surface area contributed by atoms with Gasteiger partial charge in [-0.2, -0.15) is 0 Å². The zero-order valence-corrected chi connectivity index (χ0v) is 18.1. The zero-order valence-electron chi connectivity index (χ0n) is 18.1. The third kappa shape index (κ3) is 3.23. The molecule has 0 spiro atoms. The lowest BCUT2D eigenvalue weighted by Crippen LogP contribution is -2.39. The van der Waals surface area contributed by atoms with Crippen LogP contribution < -0.4 is 16.6 Å². The van der Waals surface area contributed by atoms with Crippen LogP contribution in [-0.4, -0.2) is 21.6 Å². The molecule has 0 radical (unpaired) electrons. The van der Waals surface area contributed by atoms with E-state index in [1.807, 2.05) is 0 Å². The van der Waals surface area contributed by atoms with Crippen molar-refractivity contribution in [2.45, 2.75) is 18.3 Å². The number of aromatic nitrogens is 2. The number of nitrogens with zero attached hydrogens (tertiary/aromatic N) is 2. The standard InChI is InChI=1S/C26H25N3O3/c1-28-15-16(25(31)29(2)26(28)32)11-12-23(30)27-14-17-13-22-18-7-3-5-9-20(18)24(17)21-10-6-4-8-19(21)22/h3-12,15,17,22,24H,13-14H2,1-2H3,(H,27,30). The minimum atomic E-state index is -0.421. The first-order valence-electron chi connectivity index (χ1n) is 10.9. The molecule has 3 aromatic rings. The fourth-order valence-electron chi connectivity index (χ4n) is 5.37. The molecule has 0 aliphatic heterocycles. The second-order valence-corrected chi connectivity index (χ2v) is 8.70. The molecule has 32 heavy (non-hydrogen) atoms. The number of aryl methyl sites for hydroxylation is 1. The topological polar surface area (TPSA) is 73.1 Å². The number of hydrogen-bond acceptors (Lipinski definition) is 3. The molecule has 6 rings (SSSR count). The first-order chi connectivity index (χ1) is 15.5. The fourth-order valence-corrected chi connectivity index (χ4v) is 5.37. The van der Waals surface area contributed by atoms with E-state index in [0.717, 1.165) is 11.0 Å². The minimum absolute atomic E-state index is 0.246. The van der Waals surface area contributed by atoms with Gasteiger partial charge in [0.05, 0.1) is 5.56 Å². The molecule has 1 atom stereocenters. The van der Waals surface area contributed by atoms with E-state index < -0.39 is 11.2 Å². The van der Waals surface area contributed by atoms with Crippen LogP contribution in [0.25, 0.3) is 6.08 Å². The molecule has 2 bridgehead atoms. The van der Waals surface area contributed by atoms with Gasteiger partial charge in [0.2, 0.25) is 5.91 Å². The summed E-state index contributed by atoms with van der Waals surface area (Å²) in [5.41, 5.74) is 5.02. The highest BCUT2D eigenvalue weighted by Gasteiger charge is 2.42. The van der Waals surface area contributed by atoms with Crippen LogP contribution >= 0.6 is 0 Å². The molecule has 3 aliphatic carbocycles. The van der Waals surface area contributed by atoms with E-state index in [2.05, 4.69) is 53.8 Å². The molecule has 1 heterocycles. The molecule has 6 nitrogen and oxygen atoms in total. The van der Waals surface area contributed by atoms with Crippen LogP contribution in [0.5, 0.6) is 0 Å². The lowest BCUT2D eigenvalue weighted by atomic mass is 9.59. The Bertz CT molecular complexity index is 1320. The summed E-state index contributed by atoms with van der Waals surface area (Å²) in [5, 5.41) is 3.03. The maximum atomic E-state index is 12.5. The van der Waals surface area contributed by atoms with Crippen molar-refractivity contribution in [1.82, 2.24) is 14.5 Å². The van der Waals surface area contributed by atoms with Crippen molar-refractivity contribution in [2.75, 3.05) is 6.54 Å². The smallest absolute Gasteiger partial charge is 0.330 e. The van der Waals surface area contributed by atoms with E-state index in [1.165, 1.54) is 52.2 Å². The van der Waals surface area contributed by atoms with Gasteiger partial charge in [0.1, 0.15) is 0 Å². The van der Waals surface area contributed by atoms with E-state index in [4.69, 9.17) is 0 Å². The van der Waals surface area contributed by atoms with Gasteiger partial charge in [-0.1, -0.05) is 48.5 Å². The van der Waals surface area contributed by atoms with Crippen LogP contribution in [0.4, 0.5) is 0 Å². The zero-order chi connectivity index (χ0) is 22.4. The molecule has 1 unspecified atom stereocenters. The number of amides is 1. The van der Waals surface area contributed by atoms with Crippen molar-refractivity contribution in [1.29, 1.82) is 0 Å². The van der Waals surface area contributed by atoms with Crippen molar-refractivity contribution in [3.63, 3.8) is 0 Å². The first kappa shape index (κ1) is 20.2. The predicted octanol–water partition coefficient (Wildman–Crippen LogP) is 2.51. The summed E-state index contributed by atoms with van der Waals surface area (Å²) in [6.07, 6.45) is 5.28. The van der Waals surface area contributed by atoms with Crippen molar-refractivity contribution in [3.8, 4) is 0 Å². The second-order valence-electron chi connectivity index (χ2n) is 8.70. The lowest BCUT2D eigenvalue weighted by molar-refractivity contribution is -0.116. The number of rotatable bonds is 4. The van der Waals surface area contributed by atoms with Gasteiger partial charge in [0.25, 0.3) is 5.56 Å². The molecule has 1 N–H and O–H groups in total. The van der Waals surface area contributed by atoms with Gasteiger partial charge in [-0.3, -0.25) is 14.2 Å². The fraction of sp³-hybridized carbons (Fsp3) is 0.269. The summed E-state index contributed by atoms with van der Waals surface area (Å²) in [4.78, 5) is 36.6. The molecular weight excluding hydrogens is 402 g/mol. The Morgan fingerprint density at radius 2 is 1.59 bits per heavy atom. The summed E-state index contributed by atoms with van der Waals surface area (Å²) in [6, 6.07) is 17.3. The van der Waals surface area contributed by atoms with E-state index in [-0.39, 0.29) is 11.8 Å². The van der Waals surface area contributed by atoms with Crippen molar-refractivity contribution in [3.05, 3.63) is 109 Å². The van der Waals surface area contributed by atoms with Crippen molar-refractivity contribution >= 4 is 12.0 Å². The van der Waals surface area contributed by atoms with Crippen LogP contribution in [-0.2, 0) is 18.9 Å². The molecule has 1 amide bonds. The van der Waals surface area contributed by atoms with Crippen LogP contribution in [0.15, 0.2) is 70.4 Å². The van der Waals surface area contributed by atoms with E-state index in [9.17, 15) is 14.4 Å². The second kappa shape index (κ2) is 7.79. The summed E-state index contributed by atoms with van der Waals surface area (Å²) in [5.74, 6) is 0.697. The van der Waals surface area contributed by atoms with E-state index in [0.29, 0.717) is 23.9 Å². The summed E-state index contributed by atoms with van der Waals surface area (Å²) < 4.78 is 2.36. The Balaban J connectivity index is 1.34. The number of fused-ring (bicyclic) bond motifs is 1. The number of carbonyl (C=O) groups excluding carboxylic acids is 1. The highest BCUT2D eigenvalue weighted by molar-refractivity contribution is 5.91. The minimum Gasteiger partial charge on any atom is -0.352 e. The molecule has 1 aromatic heterocycles. The largest absolute Gasteiger partial charge is 0.352 e. The first-order valence-corrected chi connectivity index (χ1v) is 10.9. The molecule has 0 saturated heterocycles. The van der Waals surface area contributed by atoms with Gasteiger partial charge in [-0.05, 0) is 40.7 Å². The molecule has 3 aliphatic rings. The highest BCUT2D eigenvalue weighted by Crippen LogP contribution is 2.55. The summed E-state index contributed by atoms with van der Waals surface area (Å²) in [6.45, 7) is 0.568. The average molecular weight is 428 g/mol. The van der Waals surface area contributed by atoms with Crippen LogP contribution in [0.3, 0.4) is 0 Å². The Kier molecular flexibility index (Phi) is 4.93. The van der Waals surface area contributed by atoms with Gasteiger partial charge in [-0.25, -0.2) is 4.79 Å². The quantitative estimate of drug-likeness (QED) is 0.651. The molecule has 0 saturated carbocycles. The lowest BCUT2D eigenvalue weighted by Gasteiger charge is -2.45. The van der Waals surface area contributed by atoms with Gasteiger partial charge < -0.3 is 9.88 Å². The van der Waals surface area contributed by atoms with Gasteiger partial charge in [0, 0.05) is 44.7 Å². The summed E-state index contributed by atoms with van der Waals surface area (Å²) in [7, 11) is 3.00. The van der Waals surface area contributed by atoms with Crippen LogP contribution in [0, 0.1) is 5.92 Å². The molecule has 6 heteroatoms. The van der Waals surface area contributed by atoms with Gasteiger partial charge in [0.15, 0.2) is 0 Å². The van der Waals surface area contributed by atoms with E-state index in [1.54, 1.807) is 7.05 Å². The molecule has 0 fully saturated rings. The van der Waals surface area contributed by atoms with Crippen LogP contribution in [0.1, 0.15) is 46.1 Å². The Hall–Kier alpha value is -3.67. The van der Waals surface area contributed by atoms with Crippen molar-refractivity contribution in [2.24, 2.45) is 20.0 Å². The Labute approximate surface area is 185 Å². The third-order valence-electron chi connectivity index (χ3n) is 6.85.